The molecule has 0 fully saturated rings. The van der Waals surface area contributed by atoms with Crippen LogP contribution >= 0.6 is 11.3 Å². The second kappa shape index (κ2) is 5.46. The van der Waals surface area contributed by atoms with Gasteiger partial charge in [-0.3, -0.25) is 0 Å². The van der Waals surface area contributed by atoms with Crippen LogP contribution in [0.1, 0.15) is 26.8 Å². The highest BCUT2D eigenvalue weighted by Crippen LogP contribution is 2.34. The molecule has 1 aromatic heterocycles. The van der Waals surface area contributed by atoms with Crippen molar-refractivity contribution < 1.29 is 27.8 Å². The summed E-state index contributed by atoms with van der Waals surface area (Å²) >= 11 is 0.559. The van der Waals surface area contributed by atoms with E-state index in [0.29, 0.717) is 24.4 Å². The van der Waals surface area contributed by atoms with E-state index in [9.17, 15) is 18.0 Å². The van der Waals surface area contributed by atoms with Gasteiger partial charge in [0, 0.05) is 20.1 Å². The minimum atomic E-state index is -4.73. The number of halogens is 3. The van der Waals surface area contributed by atoms with Gasteiger partial charge >= 0.3 is 12.1 Å². The number of hydrogen-bond acceptors (Lipinski definition) is 4. The molecular weight excluding hydrogens is 259 g/mol. The van der Waals surface area contributed by atoms with Crippen molar-refractivity contribution in [2.45, 2.75) is 19.0 Å². The van der Waals surface area contributed by atoms with Crippen molar-refractivity contribution in [1.82, 2.24) is 4.98 Å². The number of nitrogens with zero attached hydrogens (tertiary/aromatic N) is 1. The molecule has 0 aliphatic rings. The van der Waals surface area contributed by atoms with Gasteiger partial charge in [0.2, 0.25) is 0 Å². The summed E-state index contributed by atoms with van der Waals surface area (Å²) in [7, 11) is 1.48. The Morgan fingerprint density at radius 2 is 2.18 bits per heavy atom. The van der Waals surface area contributed by atoms with Crippen molar-refractivity contribution in [1.29, 1.82) is 0 Å². The van der Waals surface area contributed by atoms with Gasteiger partial charge < -0.3 is 9.84 Å². The van der Waals surface area contributed by atoms with Crippen LogP contribution in [0.4, 0.5) is 13.2 Å². The van der Waals surface area contributed by atoms with Gasteiger partial charge in [-0.25, -0.2) is 9.78 Å². The minimum Gasteiger partial charge on any atom is -0.477 e. The van der Waals surface area contributed by atoms with Crippen molar-refractivity contribution in [3.05, 3.63) is 15.6 Å². The predicted molar refractivity (Wildman–Crippen MR) is 54.3 cm³/mol. The summed E-state index contributed by atoms with van der Waals surface area (Å²) in [6, 6.07) is 0. The monoisotopic (exact) mass is 269 g/mol. The van der Waals surface area contributed by atoms with E-state index < -0.39 is 22.7 Å². The van der Waals surface area contributed by atoms with E-state index in [0.717, 1.165) is 0 Å². The maximum atomic E-state index is 12.5. The molecule has 96 valence electrons. The molecule has 0 spiro atoms. The maximum absolute atomic E-state index is 12.5. The Balaban J connectivity index is 2.93. The van der Waals surface area contributed by atoms with E-state index in [4.69, 9.17) is 9.84 Å². The van der Waals surface area contributed by atoms with E-state index in [1.54, 1.807) is 0 Å². The fraction of sp³-hybridized carbons (Fsp3) is 0.556. The number of hydrogen-bond donors (Lipinski definition) is 1. The van der Waals surface area contributed by atoms with Gasteiger partial charge in [-0.1, -0.05) is 0 Å². The van der Waals surface area contributed by atoms with Crippen LogP contribution in [0.2, 0.25) is 0 Å². The Kier molecular flexibility index (Phi) is 4.47. The van der Waals surface area contributed by atoms with E-state index in [2.05, 4.69) is 4.98 Å². The number of carboxylic acid groups (broad SMARTS) is 1. The van der Waals surface area contributed by atoms with Crippen LogP contribution in [0.25, 0.3) is 0 Å². The second-order valence-corrected chi connectivity index (χ2v) is 4.27. The van der Waals surface area contributed by atoms with Crippen LogP contribution < -0.4 is 0 Å². The number of aromatic nitrogens is 1. The Morgan fingerprint density at radius 3 is 2.59 bits per heavy atom. The number of ether oxygens (including phenoxy) is 1. The first-order valence-corrected chi connectivity index (χ1v) is 5.47. The maximum Gasteiger partial charge on any atom is 0.435 e. The average Bonchev–Trinajstić information content (AvgIpc) is 2.62. The first-order valence-electron chi connectivity index (χ1n) is 4.65. The smallest absolute Gasteiger partial charge is 0.435 e. The minimum absolute atomic E-state index is 0.159. The number of carbonyl (C=O) groups is 1. The van der Waals surface area contributed by atoms with Crippen molar-refractivity contribution in [3.63, 3.8) is 0 Å². The molecule has 0 saturated carbocycles. The molecule has 1 heterocycles. The third-order valence-electron chi connectivity index (χ3n) is 1.87. The molecule has 0 unspecified atom stereocenters. The SMILES string of the molecule is COCCCc1nc(C(F)(F)F)c(C(=O)O)s1. The third kappa shape index (κ3) is 3.67. The number of aromatic carboxylic acids is 1. The van der Waals surface area contributed by atoms with E-state index in [-0.39, 0.29) is 11.4 Å². The molecule has 1 N–H and O–H groups in total. The van der Waals surface area contributed by atoms with E-state index in [1.165, 1.54) is 7.11 Å². The molecule has 0 bridgehead atoms. The molecule has 0 saturated heterocycles. The highest BCUT2D eigenvalue weighted by atomic mass is 32.1. The van der Waals surface area contributed by atoms with E-state index >= 15 is 0 Å². The summed E-state index contributed by atoms with van der Waals surface area (Å²) in [5, 5.41) is 8.82. The first kappa shape index (κ1) is 13.9. The standard InChI is InChI=1S/C9H10F3NO3S/c1-16-4-2-3-5-13-7(9(10,11)12)6(17-5)8(14)15/h2-4H2,1H3,(H,14,15). The average molecular weight is 269 g/mol. The number of alkyl halides is 3. The summed E-state index contributed by atoms with van der Waals surface area (Å²) in [5.41, 5.74) is -1.32. The highest BCUT2D eigenvalue weighted by Gasteiger charge is 2.39. The van der Waals surface area contributed by atoms with E-state index in [1.807, 2.05) is 0 Å². The second-order valence-electron chi connectivity index (χ2n) is 3.18. The molecule has 0 atom stereocenters. The highest BCUT2D eigenvalue weighted by molar-refractivity contribution is 7.13. The molecule has 1 rings (SSSR count). The predicted octanol–water partition coefficient (Wildman–Crippen LogP) is 2.44. The number of thiazole rings is 1. The third-order valence-corrected chi connectivity index (χ3v) is 2.98. The summed E-state index contributed by atoms with van der Waals surface area (Å²) in [6.45, 7) is 0.392. The van der Waals surface area contributed by atoms with Crippen molar-refractivity contribution in [2.24, 2.45) is 0 Å². The van der Waals surface area contributed by atoms with Crippen LogP contribution in [0.5, 0.6) is 0 Å². The summed E-state index contributed by atoms with van der Waals surface area (Å²) in [4.78, 5) is 13.2. The summed E-state index contributed by atoms with van der Waals surface area (Å²) in [6.07, 6.45) is -3.96. The zero-order valence-electron chi connectivity index (χ0n) is 8.87. The quantitative estimate of drug-likeness (QED) is 0.834. The van der Waals surface area contributed by atoms with Gasteiger partial charge in [-0.2, -0.15) is 13.2 Å². The number of aryl methyl sites for hydroxylation is 1. The zero-order valence-corrected chi connectivity index (χ0v) is 9.69. The molecule has 0 aromatic carbocycles. The fourth-order valence-electron chi connectivity index (χ4n) is 1.18. The first-order chi connectivity index (χ1) is 7.86. The topological polar surface area (TPSA) is 59.4 Å². The van der Waals surface area contributed by atoms with Crippen LogP contribution in [0, 0.1) is 0 Å². The van der Waals surface area contributed by atoms with Crippen molar-refractivity contribution in [3.8, 4) is 0 Å². The lowest BCUT2D eigenvalue weighted by molar-refractivity contribution is -0.141. The largest absolute Gasteiger partial charge is 0.477 e. The molecule has 1 aromatic rings. The van der Waals surface area contributed by atoms with Gasteiger partial charge in [-0.15, -0.1) is 11.3 Å². The van der Waals surface area contributed by atoms with Gasteiger partial charge in [0.15, 0.2) is 5.69 Å². The molecular formula is C9H10F3NO3S. The molecule has 17 heavy (non-hydrogen) atoms. The molecule has 0 radical (unpaired) electrons. The molecule has 0 aliphatic carbocycles. The Labute approximate surface area is 99.0 Å². The van der Waals surface area contributed by atoms with Gasteiger partial charge in [0.25, 0.3) is 0 Å². The molecule has 0 aliphatic heterocycles. The number of carboxylic acids is 1. The number of methoxy groups -OCH3 is 1. The van der Waals surface area contributed by atoms with Crippen LogP contribution in [-0.2, 0) is 17.3 Å². The Morgan fingerprint density at radius 1 is 1.53 bits per heavy atom. The van der Waals surface area contributed by atoms with Gasteiger partial charge in [0.1, 0.15) is 4.88 Å². The fourth-order valence-corrected chi connectivity index (χ4v) is 2.14. The lowest BCUT2D eigenvalue weighted by atomic mass is 10.3. The normalized spacial score (nSPS) is 11.8. The summed E-state index contributed by atoms with van der Waals surface area (Å²) < 4.78 is 42.2. The van der Waals surface area contributed by atoms with Crippen molar-refractivity contribution in [2.75, 3.05) is 13.7 Å². The van der Waals surface area contributed by atoms with Crippen molar-refractivity contribution >= 4 is 17.3 Å². The van der Waals surface area contributed by atoms with Crippen LogP contribution in [0.3, 0.4) is 0 Å². The molecule has 0 amide bonds. The van der Waals surface area contributed by atoms with Gasteiger partial charge in [-0.05, 0) is 6.42 Å². The summed E-state index contributed by atoms with van der Waals surface area (Å²) in [5.74, 6) is -1.60. The Hall–Kier alpha value is -1.15. The van der Waals surface area contributed by atoms with Gasteiger partial charge in [0.05, 0.1) is 5.01 Å². The Bertz CT molecular complexity index is 403. The zero-order chi connectivity index (χ0) is 13.1. The van der Waals surface area contributed by atoms with Crippen LogP contribution in [-0.4, -0.2) is 29.8 Å². The molecule has 4 nitrogen and oxygen atoms in total. The lowest BCUT2D eigenvalue weighted by Gasteiger charge is -2.02. The lowest BCUT2D eigenvalue weighted by Crippen LogP contribution is -2.11. The molecule has 8 heteroatoms. The van der Waals surface area contributed by atoms with Crippen LogP contribution in [0.15, 0.2) is 0 Å². The number of rotatable bonds is 5.